The molecule has 9 atom stereocenters. The van der Waals surface area contributed by atoms with E-state index in [9.17, 15) is 29.4 Å². The van der Waals surface area contributed by atoms with Crippen LogP contribution in [0.15, 0.2) is 35.5 Å². The maximum Gasteiger partial charge on any atom is 0.309 e. The Balaban J connectivity index is 1.28. The number of aromatic nitrogens is 1. The standard InChI is InChI=1S/C47H71N3O7/c1-29(2)39-33(52)25-47(36(53)28-50(24-23-48-30(3)51)27-31-13-11-12-22-49-31)21-20-45(9)32(40(39)47)14-15-35-44(8)18-17-37(57-38(54)26-42(4,5)41(55)56)43(6,7)34(44)16-19-46(35,45)10/h11-13,22,29,32,34-37,53H,14-21,23-28H2,1-10H3,(H,48,51)(H,55,56). The van der Waals surface area contributed by atoms with E-state index < -0.39 is 28.9 Å². The van der Waals surface area contributed by atoms with Crippen molar-refractivity contribution in [3.05, 3.63) is 41.2 Å². The number of fused-ring (bicyclic) bond motifs is 7. The van der Waals surface area contributed by atoms with Gasteiger partial charge in [0.05, 0.1) is 23.6 Å². The Morgan fingerprint density at radius 3 is 2.33 bits per heavy atom. The van der Waals surface area contributed by atoms with E-state index in [2.05, 4.69) is 63.7 Å². The summed E-state index contributed by atoms with van der Waals surface area (Å²) in [5, 5.41) is 25.2. The van der Waals surface area contributed by atoms with Crippen molar-refractivity contribution in [1.82, 2.24) is 15.2 Å². The molecule has 10 heteroatoms. The normalized spacial score (nSPS) is 35.2. The maximum atomic E-state index is 14.3. The van der Waals surface area contributed by atoms with E-state index >= 15 is 0 Å². The fourth-order valence-corrected chi connectivity index (χ4v) is 13.7. The molecule has 1 heterocycles. The molecule has 5 aliphatic carbocycles. The molecule has 0 radical (unpaired) electrons. The smallest absolute Gasteiger partial charge is 0.309 e. The number of aliphatic hydroxyl groups excluding tert-OH is 1. The summed E-state index contributed by atoms with van der Waals surface area (Å²) in [6, 6.07) is 5.85. The minimum atomic E-state index is -1.18. The average Bonchev–Trinajstić information content (AvgIpc) is 3.43. The van der Waals surface area contributed by atoms with Crippen LogP contribution in [-0.2, 0) is 30.5 Å². The number of aliphatic hydroxyl groups is 1. The molecule has 0 saturated heterocycles. The number of hydrogen-bond acceptors (Lipinski definition) is 8. The van der Waals surface area contributed by atoms with Crippen LogP contribution in [0.3, 0.4) is 0 Å². The number of ether oxygens (including phenoxy) is 1. The SMILES string of the molecule is CC(=O)NCCN(Cc1ccccn1)CC(O)C12CCC3(C)C(CCC4C5(C)CCC(OC(=O)CC(C)(C)C(=O)O)C(C)(C)C5CCC43C)C1=C(C(C)C)C(=O)C2. The number of nitrogens with one attached hydrogen (secondary N) is 1. The lowest BCUT2D eigenvalue weighted by Crippen LogP contribution is -2.66. The third kappa shape index (κ3) is 7.42. The number of rotatable bonds is 13. The number of hydrogen-bond donors (Lipinski definition) is 3. The first-order valence-electron chi connectivity index (χ1n) is 21.8. The number of pyridine rings is 1. The largest absolute Gasteiger partial charge is 0.481 e. The molecule has 1 aromatic rings. The van der Waals surface area contributed by atoms with Crippen molar-refractivity contribution < 1.29 is 34.1 Å². The van der Waals surface area contributed by atoms with Gasteiger partial charge in [0.25, 0.3) is 0 Å². The zero-order valence-electron chi connectivity index (χ0n) is 36.5. The van der Waals surface area contributed by atoms with Crippen molar-refractivity contribution >= 4 is 23.6 Å². The number of allylic oxidation sites excluding steroid dienone is 1. The van der Waals surface area contributed by atoms with Gasteiger partial charge in [-0.3, -0.25) is 29.1 Å². The van der Waals surface area contributed by atoms with Gasteiger partial charge in [-0.25, -0.2) is 0 Å². The molecule has 1 aromatic heterocycles. The number of aliphatic carboxylic acids is 1. The predicted molar refractivity (Wildman–Crippen MR) is 220 cm³/mol. The fourth-order valence-electron chi connectivity index (χ4n) is 13.7. The number of Topliss-reactive ketones (excluding diaryl/α,β-unsaturated/α-hetero) is 1. The van der Waals surface area contributed by atoms with Gasteiger partial charge in [-0.2, -0.15) is 0 Å². The topological polar surface area (TPSA) is 146 Å². The van der Waals surface area contributed by atoms with Crippen LogP contribution in [0.1, 0.15) is 139 Å². The van der Waals surface area contributed by atoms with E-state index in [4.69, 9.17) is 4.74 Å². The van der Waals surface area contributed by atoms with Gasteiger partial charge < -0.3 is 20.3 Å². The second kappa shape index (κ2) is 15.5. The molecule has 6 rings (SSSR count). The van der Waals surface area contributed by atoms with E-state index in [0.29, 0.717) is 44.4 Å². The number of carboxylic acids is 1. The first kappa shape index (κ1) is 43.5. The zero-order chi connectivity index (χ0) is 41.9. The highest BCUT2D eigenvalue weighted by molar-refractivity contribution is 6.00. The number of carboxylic acid groups (broad SMARTS) is 1. The van der Waals surface area contributed by atoms with Crippen molar-refractivity contribution in [2.24, 2.45) is 56.2 Å². The quantitative estimate of drug-likeness (QED) is 0.171. The molecule has 57 heavy (non-hydrogen) atoms. The Morgan fingerprint density at radius 2 is 1.70 bits per heavy atom. The van der Waals surface area contributed by atoms with Gasteiger partial charge in [0.15, 0.2) is 5.78 Å². The van der Waals surface area contributed by atoms with Crippen LogP contribution in [0.4, 0.5) is 0 Å². The number of carbonyl (C=O) groups excluding carboxylic acids is 3. The lowest BCUT2D eigenvalue weighted by molar-refractivity contribution is -0.235. The number of ketones is 1. The van der Waals surface area contributed by atoms with E-state index in [-0.39, 0.29) is 57.7 Å². The summed E-state index contributed by atoms with van der Waals surface area (Å²) >= 11 is 0. The van der Waals surface area contributed by atoms with Crippen LogP contribution in [0.2, 0.25) is 0 Å². The molecule has 0 aliphatic heterocycles. The summed E-state index contributed by atoms with van der Waals surface area (Å²) in [6.07, 6.45) is 8.49. The van der Waals surface area contributed by atoms with Crippen molar-refractivity contribution in [2.45, 2.75) is 152 Å². The molecular formula is C47H71N3O7. The van der Waals surface area contributed by atoms with E-state index in [1.807, 2.05) is 18.2 Å². The Bertz CT molecular complexity index is 1760. The monoisotopic (exact) mass is 790 g/mol. The highest BCUT2D eigenvalue weighted by Gasteiger charge is 2.71. The number of nitrogens with zero attached hydrogens (tertiary/aromatic N) is 2. The Morgan fingerprint density at radius 1 is 0.982 bits per heavy atom. The molecule has 1 amide bonds. The van der Waals surface area contributed by atoms with Crippen LogP contribution in [0, 0.1) is 56.2 Å². The highest BCUT2D eigenvalue weighted by Crippen LogP contribution is 2.77. The van der Waals surface area contributed by atoms with Crippen molar-refractivity contribution in [2.75, 3.05) is 19.6 Å². The van der Waals surface area contributed by atoms with Crippen molar-refractivity contribution in [3.8, 4) is 0 Å². The first-order chi connectivity index (χ1) is 26.5. The summed E-state index contributed by atoms with van der Waals surface area (Å²) in [7, 11) is 0. The molecule has 10 nitrogen and oxygen atoms in total. The third-order valence-corrected chi connectivity index (χ3v) is 16.8. The van der Waals surface area contributed by atoms with Gasteiger partial charge in [-0.15, -0.1) is 0 Å². The molecule has 4 fully saturated rings. The maximum absolute atomic E-state index is 14.3. The van der Waals surface area contributed by atoms with E-state index in [1.54, 1.807) is 20.0 Å². The lowest BCUT2D eigenvalue weighted by atomic mass is 9.33. The Labute approximate surface area is 341 Å². The van der Waals surface area contributed by atoms with Gasteiger partial charge in [0.1, 0.15) is 6.10 Å². The molecule has 0 bridgehead atoms. The number of carbonyl (C=O) groups is 4. The minimum absolute atomic E-state index is 0.00743. The lowest BCUT2D eigenvalue weighted by Gasteiger charge is -2.72. The summed E-state index contributed by atoms with van der Waals surface area (Å²) in [5.74, 6) is -0.277. The molecule has 4 saturated carbocycles. The second-order valence-corrected chi connectivity index (χ2v) is 21.1. The van der Waals surface area contributed by atoms with Gasteiger partial charge in [0, 0.05) is 56.6 Å². The molecule has 5 aliphatic rings. The van der Waals surface area contributed by atoms with Crippen LogP contribution in [-0.4, -0.2) is 75.6 Å². The van der Waals surface area contributed by atoms with Crippen LogP contribution in [0.5, 0.6) is 0 Å². The first-order valence-corrected chi connectivity index (χ1v) is 21.8. The summed E-state index contributed by atoms with van der Waals surface area (Å²) in [6.45, 7) is 23.0. The van der Waals surface area contributed by atoms with Crippen molar-refractivity contribution in [1.29, 1.82) is 0 Å². The van der Waals surface area contributed by atoms with Gasteiger partial charge in [-0.05, 0) is 123 Å². The van der Waals surface area contributed by atoms with Crippen LogP contribution >= 0.6 is 0 Å². The predicted octanol–water partition coefficient (Wildman–Crippen LogP) is 7.77. The van der Waals surface area contributed by atoms with Crippen LogP contribution < -0.4 is 5.32 Å². The van der Waals surface area contributed by atoms with Crippen LogP contribution in [0.25, 0.3) is 0 Å². The Hall–Kier alpha value is -3.11. The van der Waals surface area contributed by atoms with E-state index in [0.717, 1.165) is 62.6 Å². The Kier molecular flexibility index (Phi) is 11.8. The zero-order valence-corrected chi connectivity index (χ0v) is 36.5. The molecule has 3 N–H and O–H groups in total. The van der Waals surface area contributed by atoms with Gasteiger partial charge in [-0.1, -0.05) is 60.1 Å². The number of esters is 1. The van der Waals surface area contributed by atoms with Crippen molar-refractivity contribution in [3.63, 3.8) is 0 Å². The van der Waals surface area contributed by atoms with Gasteiger partial charge >= 0.3 is 11.9 Å². The second-order valence-electron chi connectivity index (χ2n) is 21.1. The summed E-state index contributed by atoms with van der Waals surface area (Å²) in [5.41, 5.74) is 0.994. The average molecular weight is 790 g/mol. The number of amides is 1. The molecule has 316 valence electrons. The molecule has 9 unspecified atom stereocenters. The fraction of sp³-hybridized carbons (Fsp3) is 0.766. The molecule has 0 spiro atoms. The van der Waals surface area contributed by atoms with Gasteiger partial charge in [0.2, 0.25) is 5.91 Å². The molecule has 0 aromatic carbocycles. The molecular weight excluding hydrogens is 719 g/mol. The highest BCUT2D eigenvalue weighted by atomic mass is 16.5. The summed E-state index contributed by atoms with van der Waals surface area (Å²) < 4.78 is 6.18. The third-order valence-electron chi connectivity index (χ3n) is 16.8. The summed E-state index contributed by atoms with van der Waals surface area (Å²) in [4.78, 5) is 57.8. The minimum Gasteiger partial charge on any atom is -0.481 e. The van der Waals surface area contributed by atoms with E-state index in [1.165, 1.54) is 12.5 Å².